The lowest BCUT2D eigenvalue weighted by molar-refractivity contribution is 0.784. The van der Waals surface area contributed by atoms with E-state index in [0.29, 0.717) is 5.92 Å². The number of anilines is 3. The highest BCUT2D eigenvalue weighted by Gasteiger charge is 2.23. The summed E-state index contributed by atoms with van der Waals surface area (Å²) in [5, 5.41) is 5.00. The van der Waals surface area contributed by atoms with Crippen molar-refractivity contribution in [2.45, 2.75) is 6.42 Å². The quantitative estimate of drug-likeness (QED) is 0.158. The number of hydrogen-bond acceptors (Lipinski definition) is 1. The lowest BCUT2D eigenvalue weighted by Gasteiger charge is -2.28. The van der Waals surface area contributed by atoms with Crippen molar-refractivity contribution in [3.63, 3.8) is 0 Å². The van der Waals surface area contributed by atoms with E-state index >= 15 is 0 Å². The predicted molar refractivity (Wildman–Crippen MR) is 246 cm³/mol. The fourth-order valence-corrected chi connectivity index (χ4v) is 9.00. The Morgan fingerprint density at radius 2 is 1.14 bits per heavy atom. The zero-order chi connectivity index (χ0) is 38.4. The number of para-hydroxylation sites is 2. The summed E-state index contributed by atoms with van der Waals surface area (Å²) in [5.41, 5.74) is 15.6. The maximum absolute atomic E-state index is 2.44. The van der Waals surface area contributed by atoms with Crippen LogP contribution in [0.5, 0.6) is 0 Å². The number of hydrogen-bond donors (Lipinski definition) is 0. The number of benzene rings is 8. The lowest BCUT2D eigenvalue weighted by Crippen LogP contribution is -2.11. The number of allylic oxidation sites excluding steroid dienone is 8. The molecular weight excluding hydrogens is 701 g/mol. The van der Waals surface area contributed by atoms with Crippen molar-refractivity contribution in [2.24, 2.45) is 5.92 Å². The Morgan fingerprint density at radius 3 is 2.00 bits per heavy atom. The zero-order valence-electron chi connectivity index (χ0n) is 32.0. The van der Waals surface area contributed by atoms with Gasteiger partial charge in [0.25, 0.3) is 0 Å². The molecule has 0 amide bonds. The first-order chi connectivity index (χ1) is 28.7. The molecule has 1 atom stereocenters. The molecule has 1 heterocycles. The van der Waals surface area contributed by atoms with Gasteiger partial charge in [-0.1, -0.05) is 164 Å². The fourth-order valence-electron chi connectivity index (χ4n) is 9.00. The van der Waals surface area contributed by atoms with Gasteiger partial charge in [0.2, 0.25) is 0 Å². The Kier molecular flexibility index (Phi) is 8.33. The minimum Gasteiger partial charge on any atom is -0.310 e. The van der Waals surface area contributed by atoms with Crippen molar-refractivity contribution in [1.82, 2.24) is 4.57 Å². The third-order valence-electron chi connectivity index (χ3n) is 11.9. The monoisotopic (exact) mass is 740 g/mol. The van der Waals surface area contributed by atoms with Crippen molar-refractivity contribution in [2.75, 3.05) is 4.90 Å². The molecule has 0 aliphatic heterocycles. The maximum Gasteiger partial charge on any atom is 0.0562 e. The standard InChI is InChI=1S/C56H40N2/c1-3-13-39(14-4-1)41-31-33-50(34-32-41)57(54-23-12-24-55-56(54)52-21-9-10-22-53(52)58(55)49-18-5-2-6-19-49)51-20-11-17-44(38-51)46-29-26-42-27-30-47(37-48(42)36-46)45-28-25-40-15-7-8-16-43(40)35-45/h1-26,28-38,42H,27H2. The summed E-state index contributed by atoms with van der Waals surface area (Å²) in [6.07, 6.45) is 12.9. The van der Waals surface area contributed by atoms with Crippen LogP contribution in [0.2, 0.25) is 0 Å². The summed E-state index contributed by atoms with van der Waals surface area (Å²) in [7, 11) is 0. The van der Waals surface area contributed by atoms with Crippen molar-refractivity contribution in [3.8, 4) is 16.8 Å². The number of fused-ring (bicyclic) bond motifs is 5. The van der Waals surface area contributed by atoms with Crippen LogP contribution in [-0.4, -0.2) is 4.57 Å². The first-order valence-corrected chi connectivity index (χ1v) is 20.2. The zero-order valence-corrected chi connectivity index (χ0v) is 32.0. The summed E-state index contributed by atoms with van der Waals surface area (Å²) in [6.45, 7) is 0. The molecule has 9 aromatic rings. The molecule has 1 aromatic heterocycles. The summed E-state index contributed by atoms with van der Waals surface area (Å²) < 4.78 is 2.40. The van der Waals surface area contributed by atoms with Crippen LogP contribution in [0.25, 0.3) is 60.5 Å². The maximum atomic E-state index is 2.44. The molecule has 0 saturated carbocycles. The minimum absolute atomic E-state index is 0.385. The van der Waals surface area contributed by atoms with Gasteiger partial charge in [0.15, 0.2) is 0 Å². The molecule has 0 saturated heterocycles. The van der Waals surface area contributed by atoms with E-state index in [0.717, 1.165) is 29.2 Å². The average Bonchev–Trinajstić information content (AvgIpc) is 3.64. The van der Waals surface area contributed by atoms with Gasteiger partial charge in [-0.3, -0.25) is 0 Å². The highest BCUT2D eigenvalue weighted by molar-refractivity contribution is 6.16. The van der Waals surface area contributed by atoms with Gasteiger partial charge >= 0.3 is 0 Å². The molecule has 0 bridgehead atoms. The molecule has 2 nitrogen and oxygen atoms in total. The number of rotatable bonds is 7. The van der Waals surface area contributed by atoms with Crippen molar-refractivity contribution in [3.05, 3.63) is 241 Å². The molecule has 8 aromatic carbocycles. The van der Waals surface area contributed by atoms with Crippen LogP contribution < -0.4 is 4.90 Å². The molecule has 11 rings (SSSR count). The Balaban J connectivity index is 1.04. The van der Waals surface area contributed by atoms with Gasteiger partial charge in [-0.2, -0.15) is 0 Å². The first-order valence-electron chi connectivity index (χ1n) is 20.2. The molecule has 0 spiro atoms. The lowest BCUT2D eigenvalue weighted by atomic mass is 9.81. The Morgan fingerprint density at radius 1 is 0.466 bits per heavy atom. The molecule has 2 aliphatic carbocycles. The summed E-state index contributed by atoms with van der Waals surface area (Å²) in [4.78, 5) is 2.44. The van der Waals surface area contributed by atoms with E-state index in [1.54, 1.807) is 0 Å². The highest BCUT2D eigenvalue weighted by atomic mass is 15.1. The average molecular weight is 741 g/mol. The summed E-state index contributed by atoms with van der Waals surface area (Å²) in [6, 6.07) is 70.4. The molecule has 1 unspecified atom stereocenters. The van der Waals surface area contributed by atoms with Crippen LogP contribution in [0, 0.1) is 5.92 Å². The minimum atomic E-state index is 0.385. The van der Waals surface area contributed by atoms with Gasteiger partial charge in [0.1, 0.15) is 0 Å². The smallest absolute Gasteiger partial charge is 0.0562 e. The predicted octanol–water partition coefficient (Wildman–Crippen LogP) is 15.1. The van der Waals surface area contributed by atoms with Crippen LogP contribution in [0.4, 0.5) is 17.1 Å². The number of nitrogens with zero attached hydrogens (tertiary/aromatic N) is 2. The van der Waals surface area contributed by atoms with E-state index in [-0.39, 0.29) is 0 Å². The second kappa shape index (κ2) is 14.3. The summed E-state index contributed by atoms with van der Waals surface area (Å²) >= 11 is 0. The third kappa shape index (κ3) is 5.98. The van der Waals surface area contributed by atoms with E-state index in [4.69, 9.17) is 0 Å². The van der Waals surface area contributed by atoms with Gasteiger partial charge in [0, 0.05) is 33.8 Å². The normalized spacial score (nSPS) is 14.9. The molecular formula is C56H40N2. The molecule has 0 fully saturated rings. The second-order valence-electron chi connectivity index (χ2n) is 15.3. The van der Waals surface area contributed by atoms with Crippen molar-refractivity contribution >= 4 is 60.8 Å². The van der Waals surface area contributed by atoms with Crippen LogP contribution in [0.3, 0.4) is 0 Å². The largest absolute Gasteiger partial charge is 0.310 e. The first kappa shape index (κ1) is 33.9. The van der Waals surface area contributed by atoms with Gasteiger partial charge < -0.3 is 9.47 Å². The SMILES string of the molecule is C1=CC2CC=C(c3ccc4ccccc4c3)C=C2C=C1c1cccc(N(c2ccc(-c3ccccc3)cc2)c2cccc3c2c2ccccc2n3-c2ccccc2)c1. The fraction of sp³-hybridized carbons (Fsp3) is 0.0357. The van der Waals surface area contributed by atoms with E-state index in [2.05, 4.69) is 234 Å². The Labute approximate surface area is 339 Å². The Hall–Kier alpha value is -7.42. The molecule has 2 heteroatoms. The number of aromatic nitrogens is 1. The molecule has 2 aliphatic rings. The third-order valence-corrected chi connectivity index (χ3v) is 11.9. The van der Waals surface area contributed by atoms with Gasteiger partial charge in [-0.25, -0.2) is 0 Å². The van der Waals surface area contributed by atoms with Crippen LogP contribution in [-0.2, 0) is 0 Å². The Bertz CT molecular complexity index is 3120. The van der Waals surface area contributed by atoms with Gasteiger partial charge in [-0.15, -0.1) is 0 Å². The topological polar surface area (TPSA) is 8.17 Å². The molecule has 58 heavy (non-hydrogen) atoms. The highest BCUT2D eigenvalue weighted by Crippen LogP contribution is 2.45. The van der Waals surface area contributed by atoms with Crippen LogP contribution in [0.15, 0.2) is 230 Å². The van der Waals surface area contributed by atoms with Crippen molar-refractivity contribution < 1.29 is 0 Å². The van der Waals surface area contributed by atoms with E-state index in [1.807, 2.05) is 0 Å². The summed E-state index contributed by atoms with van der Waals surface area (Å²) in [5.74, 6) is 0.385. The van der Waals surface area contributed by atoms with E-state index < -0.39 is 0 Å². The van der Waals surface area contributed by atoms with Crippen molar-refractivity contribution in [1.29, 1.82) is 0 Å². The van der Waals surface area contributed by atoms with E-state index in [1.165, 1.54) is 71.6 Å². The van der Waals surface area contributed by atoms with Crippen LogP contribution in [0.1, 0.15) is 17.5 Å². The molecule has 0 N–H and O–H groups in total. The van der Waals surface area contributed by atoms with Gasteiger partial charge in [-0.05, 0) is 117 Å². The molecule has 0 radical (unpaired) electrons. The molecule has 274 valence electrons. The van der Waals surface area contributed by atoms with E-state index in [9.17, 15) is 0 Å². The van der Waals surface area contributed by atoms with Crippen LogP contribution >= 0.6 is 0 Å². The second-order valence-corrected chi connectivity index (χ2v) is 15.3. The van der Waals surface area contributed by atoms with Gasteiger partial charge in [0.05, 0.1) is 16.7 Å².